The number of benzene rings is 5. The van der Waals surface area contributed by atoms with Gasteiger partial charge in [0.2, 0.25) is 0 Å². The van der Waals surface area contributed by atoms with Crippen molar-refractivity contribution in [2.75, 3.05) is 13.2 Å². The van der Waals surface area contributed by atoms with Gasteiger partial charge in [0.25, 0.3) is 0 Å². The van der Waals surface area contributed by atoms with Gasteiger partial charge in [0.05, 0.1) is 19.4 Å². The molecule has 0 unspecified atom stereocenters. The zero-order valence-electron chi connectivity index (χ0n) is 22.0. The monoisotopic (exact) mass is 596 g/mol. The van der Waals surface area contributed by atoms with Crippen LogP contribution < -0.4 is 42.4 Å². The van der Waals surface area contributed by atoms with Crippen molar-refractivity contribution >= 4 is 23.2 Å². The highest BCUT2D eigenvalue weighted by Crippen LogP contribution is 2.58. The molecule has 0 saturated carbocycles. The molecule has 5 aromatic carbocycles. The van der Waals surface area contributed by atoms with Crippen molar-refractivity contribution in [3.05, 3.63) is 151 Å². The molecule has 0 fully saturated rings. The van der Waals surface area contributed by atoms with E-state index < -0.39 is 7.26 Å². The number of para-hydroxylation sites is 1. The summed E-state index contributed by atoms with van der Waals surface area (Å²) in [6, 6.07) is 51.8. The fraction of sp³-hybridized carbons (Fsp3) is 0.143. The second-order valence-electron chi connectivity index (χ2n) is 9.34. The second-order valence-corrected chi connectivity index (χ2v) is 12.8. The summed E-state index contributed by atoms with van der Waals surface area (Å²) >= 11 is 0. The van der Waals surface area contributed by atoms with Gasteiger partial charge in [0, 0.05) is 0 Å². The Morgan fingerprint density at radius 1 is 0.410 bits per heavy atom. The van der Waals surface area contributed by atoms with Crippen molar-refractivity contribution in [3.8, 4) is 11.5 Å². The first kappa shape index (κ1) is 28.6. The first-order valence-corrected chi connectivity index (χ1v) is 15.3. The van der Waals surface area contributed by atoms with E-state index in [1.54, 1.807) is 0 Å². The molecule has 0 saturated heterocycles. The number of rotatable bonds is 12. The van der Waals surface area contributed by atoms with E-state index in [9.17, 15) is 0 Å². The standard InChI is InChI=1S/C35H34O2P.BrH/c1-5-15-31(16-6-1)36-27-13-14-28-37-32-25-23-30(24-26-32)29-38(33-17-7-2-8-18-33,34-19-9-3-10-20-34)35-21-11-4-12-22-35;/h1-12,15-26H,13-14,27-29H2;1H/q+1;/p-1. The maximum Gasteiger partial charge on any atom is 0.119 e. The molecule has 0 atom stereocenters. The van der Waals surface area contributed by atoms with E-state index in [4.69, 9.17) is 9.47 Å². The quantitative estimate of drug-likeness (QED) is 0.157. The normalized spacial score (nSPS) is 10.9. The van der Waals surface area contributed by atoms with Crippen LogP contribution in [0.4, 0.5) is 0 Å². The highest BCUT2D eigenvalue weighted by molar-refractivity contribution is 7.95. The molecular formula is C35H34BrO2P. The minimum Gasteiger partial charge on any atom is -1.00 e. The van der Waals surface area contributed by atoms with Crippen LogP contribution in [0.3, 0.4) is 0 Å². The van der Waals surface area contributed by atoms with Crippen molar-refractivity contribution in [2.45, 2.75) is 19.0 Å². The summed E-state index contributed by atoms with van der Waals surface area (Å²) in [5, 5.41) is 4.20. The molecule has 4 heteroatoms. The van der Waals surface area contributed by atoms with Gasteiger partial charge in [0.1, 0.15) is 34.7 Å². The molecule has 0 aliphatic carbocycles. The SMILES string of the molecule is [Br-].c1ccc(OCCCCOc2ccc(C[P+](c3ccccc3)(c3ccccc3)c3ccccc3)cc2)cc1. The van der Waals surface area contributed by atoms with E-state index >= 15 is 0 Å². The Morgan fingerprint density at radius 2 is 0.769 bits per heavy atom. The molecule has 0 bridgehead atoms. The van der Waals surface area contributed by atoms with Gasteiger partial charge in [-0.05, 0) is 79.1 Å². The van der Waals surface area contributed by atoms with Crippen LogP contribution in [0.25, 0.3) is 0 Å². The fourth-order valence-electron chi connectivity index (χ4n) is 4.83. The van der Waals surface area contributed by atoms with Gasteiger partial charge in [-0.2, -0.15) is 0 Å². The highest BCUT2D eigenvalue weighted by Gasteiger charge is 2.45. The van der Waals surface area contributed by atoms with Crippen LogP contribution in [0.5, 0.6) is 11.5 Å². The molecule has 0 N–H and O–H groups in total. The number of ether oxygens (including phenoxy) is 2. The molecule has 2 nitrogen and oxygen atoms in total. The Hall–Kier alpha value is -3.39. The lowest BCUT2D eigenvalue weighted by molar-refractivity contribution is -0.00000833. The fourth-order valence-corrected chi connectivity index (χ4v) is 9.08. The van der Waals surface area contributed by atoms with Crippen molar-refractivity contribution < 1.29 is 26.5 Å². The predicted octanol–water partition coefficient (Wildman–Crippen LogP) is 4.42. The van der Waals surface area contributed by atoms with Gasteiger partial charge in [-0.15, -0.1) is 0 Å². The van der Waals surface area contributed by atoms with Crippen LogP contribution in [0.1, 0.15) is 18.4 Å². The summed E-state index contributed by atoms with van der Waals surface area (Å²) < 4.78 is 11.8. The van der Waals surface area contributed by atoms with Crippen LogP contribution in [0, 0.1) is 0 Å². The van der Waals surface area contributed by atoms with E-state index in [1.807, 2.05) is 30.3 Å². The lowest BCUT2D eigenvalue weighted by atomic mass is 10.2. The molecule has 198 valence electrons. The molecule has 0 amide bonds. The summed E-state index contributed by atoms with van der Waals surface area (Å²) in [7, 11) is -1.90. The summed E-state index contributed by atoms with van der Waals surface area (Å²) in [5.41, 5.74) is 1.32. The first-order chi connectivity index (χ1) is 18.8. The number of halogens is 1. The lowest BCUT2D eigenvalue weighted by Gasteiger charge is -2.28. The first-order valence-electron chi connectivity index (χ1n) is 13.3. The molecule has 0 radical (unpaired) electrons. The van der Waals surface area contributed by atoms with Crippen LogP contribution in [0.2, 0.25) is 0 Å². The molecule has 0 spiro atoms. The van der Waals surface area contributed by atoms with Gasteiger partial charge >= 0.3 is 0 Å². The highest BCUT2D eigenvalue weighted by atomic mass is 79.9. The molecular weight excluding hydrogens is 563 g/mol. The van der Waals surface area contributed by atoms with E-state index in [1.165, 1.54) is 21.5 Å². The van der Waals surface area contributed by atoms with Crippen molar-refractivity contribution in [3.63, 3.8) is 0 Å². The zero-order chi connectivity index (χ0) is 25.9. The average molecular weight is 598 g/mol. The minimum absolute atomic E-state index is 0. The predicted molar refractivity (Wildman–Crippen MR) is 162 cm³/mol. The maximum atomic E-state index is 6.05. The molecule has 0 aliphatic heterocycles. The maximum absolute atomic E-state index is 6.05. The summed E-state index contributed by atoms with van der Waals surface area (Å²) in [6.45, 7) is 1.39. The van der Waals surface area contributed by atoms with Crippen molar-refractivity contribution in [1.82, 2.24) is 0 Å². The van der Waals surface area contributed by atoms with Crippen molar-refractivity contribution in [2.24, 2.45) is 0 Å². The topological polar surface area (TPSA) is 18.5 Å². The average Bonchev–Trinajstić information content (AvgIpc) is 3.00. The van der Waals surface area contributed by atoms with E-state index in [-0.39, 0.29) is 17.0 Å². The smallest absolute Gasteiger partial charge is 0.119 e. The van der Waals surface area contributed by atoms with Gasteiger partial charge in [-0.25, -0.2) is 0 Å². The van der Waals surface area contributed by atoms with Gasteiger partial charge in [-0.3, -0.25) is 0 Å². The van der Waals surface area contributed by atoms with Gasteiger partial charge < -0.3 is 26.5 Å². The molecule has 39 heavy (non-hydrogen) atoms. The molecule has 0 aromatic heterocycles. The molecule has 0 aliphatic rings. The molecule has 0 heterocycles. The minimum atomic E-state index is -1.90. The summed E-state index contributed by atoms with van der Waals surface area (Å²) in [5.74, 6) is 1.84. The lowest BCUT2D eigenvalue weighted by Crippen LogP contribution is -3.00. The largest absolute Gasteiger partial charge is 1.00 e. The zero-order valence-corrected chi connectivity index (χ0v) is 24.5. The van der Waals surface area contributed by atoms with Crippen LogP contribution in [-0.2, 0) is 6.16 Å². The molecule has 5 aromatic rings. The summed E-state index contributed by atoms with van der Waals surface area (Å²) in [6.07, 6.45) is 2.88. The number of hydrogen-bond donors (Lipinski definition) is 0. The van der Waals surface area contributed by atoms with Crippen LogP contribution in [-0.4, -0.2) is 13.2 Å². The van der Waals surface area contributed by atoms with Crippen LogP contribution >= 0.6 is 7.26 Å². The van der Waals surface area contributed by atoms with E-state index in [2.05, 4.69) is 115 Å². The Balaban J connectivity index is 0.00000353. The Bertz CT molecular complexity index is 1270. The third-order valence-corrected chi connectivity index (χ3v) is 11.1. The van der Waals surface area contributed by atoms with Crippen LogP contribution in [0.15, 0.2) is 146 Å². The Morgan fingerprint density at radius 3 is 1.18 bits per heavy atom. The Kier molecular flexibility index (Phi) is 10.8. The number of hydrogen-bond acceptors (Lipinski definition) is 2. The van der Waals surface area contributed by atoms with Gasteiger partial charge in [-0.1, -0.05) is 84.9 Å². The number of unbranched alkanes of at least 4 members (excludes halogenated alkanes) is 1. The second kappa shape index (κ2) is 14.7. The third-order valence-electron chi connectivity index (χ3n) is 6.75. The van der Waals surface area contributed by atoms with Crippen molar-refractivity contribution in [1.29, 1.82) is 0 Å². The van der Waals surface area contributed by atoms with E-state index in [0.29, 0.717) is 13.2 Å². The summed E-state index contributed by atoms with van der Waals surface area (Å²) in [4.78, 5) is 0. The third kappa shape index (κ3) is 7.38. The van der Waals surface area contributed by atoms with E-state index in [0.717, 1.165) is 30.5 Å². The Labute approximate surface area is 243 Å². The molecule has 5 rings (SSSR count). The van der Waals surface area contributed by atoms with Gasteiger partial charge in [0.15, 0.2) is 0 Å².